The molecule has 0 amide bonds. The van der Waals surface area contributed by atoms with Crippen LogP contribution in [-0.4, -0.2) is 22.9 Å². The first-order valence-electron chi connectivity index (χ1n) is 6.17. The summed E-state index contributed by atoms with van der Waals surface area (Å²) in [6, 6.07) is 8.11. The molecule has 1 heterocycles. The number of benzene rings is 1. The zero-order chi connectivity index (χ0) is 12.8. The molecule has 1 aromatic heterocycles. The van der Waals surface area contributed by atoms with Crippen molar-refractivity contribution in [1.29, 1.82) is 0 Å². The Morgan fingerprint density at radius 3 is 2.56 bits per heavy atom. The third kappa shape index (κ3) is 3.60. The third-order valence-corrected chi connectivity index (χ3v) is 2.77. The maximum Gasteiger partial charge on any atom is 0.119 e. The van der Waals surface area contributed by atoms with Crippen molar-refractivity contribution in [3.8, 4) is 5.75 Å². The van der Waals surface area contributed by atoms with Crippen molar-refractivity contribution in [2.75, 3.05) is 13.2 Å². The highest BCUT2D eigenvalue weighted by Crippen LogP contribution is 2.12. The Labute approximate surface area is 107 Å². The van der Waals surface area contributed by atoms with Gasteiger partial charge in [0.15, 0.2) is 0 Å². The molecule has 0 saturated heterocycles. The third-order valence-electron chi connectivity index (χ3n) is 2.77. The van der Waals surface area contributed by atoms with Crippen LogP contribution in [0.15, 0.2) is 36.7 Å². The molecule has 0 aliphatic carbocycles. The summed E-state index contributed by atoms with van der Waals surface area (Å²) in [5, 5.41) is 4.12. The molecule has 2 rings (SSSR count). The summed E-state index contributed by atoms with van der Waals surface area (Å²) in [6.07, 6.45) is 5.66. The minimum atomic E-state index is 0.669. The Hall–Kier alpha value is -1.81. The predicted octanol–water partition coefficient (Wildman–Crippen LogP) is 1.54. The van der Waals surface area contributed by atoms with Crippen molar-refractivity contribution in [1.82, 2.24) is 9.78 Å². The molecule has 2 aromatic rings. The lowest BCUT2D eigenvalue weighted by Crippen LogP contribution is -2.03. The van der Waals surface area contributed by atoms with Crippen LogP contribution in [0.2, 0.25) is 0 Å². The monoisotopic (exact) mass is 245 g/mol. The van der Waals surface area contributed by atoms with Crippen molar-refractivity contribution in [3.05, 3.63) is 47.8 Å². The lowest BCUT2D eigenvalue weighted by molar-refractivity contribution is 0.322. The fourth-order valence-electron chi connectivity index (χ4n) is 1.81. The molecule has 0 fully saturated rings. The average molecular weight is 245 g/mol. The van der Waals surface area contributed by atoms with E-state index in [1.165, 1.54) is 11.1 Å². The minimum absolute atomic E-state index is 0.669. The summed E-state index contributed by atoms with van der Waals surface area (Å²) in [4.78, 5) is 0. The molecule has 0 saturated carbocycles. The van der Waals surface area contributed by atoms with Crippen LogP contribution < -0.4 is 10.5 Å². The average Bonchev–Trinajstić information content (AvgIpc) is 2.78. The van der Waals surface area contributed by atoms with E-state index in [1.54, 1.807) is 4.68 Å². The van der Waals surface area contributed by atoms with Crippen LogP contribution in [0, 0.1) is 0 Å². The van der Waals surface area contributed by atoms with Crippen molar-refractivity contribution < 1.29 is 4.74 Å². The lowest BCUT2D eigenvalue weighted by atomic mass is 10.1. The molecule has 0 unspecified atom stereocenters. The fourth-order valence-corrected chi connectivity index (χ4v) is 1.81. The minimum Gasteiger partial charge on any atom is -0.493 e. The molecule has 4 heteroatoms. The SMILES string of the molecule is Cn1cc(CCOc2ccc(CCN)cc2)cn1. The van der Waals surface area contributed by atoms with E-state index in [0.29, 0.717) is 13.2 Å². The standard InChI is InChI=1S/C14H19N3O/c1-17-11-13(10-16-17)7-9-18-14-4-2-12(3-5-14)6-8-15/h2-5,10-11H,6-9,15H2,1H3. The Balaban J connectivity index is 1.79. The van der Waals surface area contributed by atoms with E-state index in [0.717, 1.165) is 18.6 Å². The number of hydrogen-bond acceptors (Lipinski definition) is 3. The number of nitrogens with two attached hydrogens (primary N) is 1. The second-order valence-electron chi connectivity index (χ2n) is 4.30. The largest absolute Gasteiger partial charge is 0.493 e. The van der Waals surface area contributed by atoms with E-state index in [2.05, 4.69) is 17.2 Å². The maximum absolute atomic E-state index is 5.68. The second kappa shape index (κ2) is 6.21. The number of nitrogens with zero attached hydrogens (tertiary/aromatic N) is 2. The Bertz CT molecular complexity index is 476. The van der Waals surface area contributed by atoms with Crippen LogP contribution in [0.4, 0.5) is 0 Å². The van der Waals surface area contributed by atoms with Crippen LogP contribution in [0.25, 0.3) is 0 Å². The van der Waals surface area contributed by atoms with Crippen LogP contribution in [0.3, 0.4) is 0 Å². The Kier molecular flexibility index (Phi) is 4.36. The van der Waals surface area contributed by atoms with E-state index in [-0.39, 0.29) is 0 Å². The molecule has 96 valence electrons. The smallest absolute Gasteiger partial charge is 0.119 e. The van der Waals surface area contributed by atoms with E-state index in [4.69, 9.17) is 10.5 Å². The van der Waals surface area contributed by atoms with Gasteiger partial charge in [0.25, 0.3) is 0 Å². The van der Waals surface area contributed by atoms with Crippen molar-refractivity contribution >= 4 is 0 Å². The first-order chi connectivity index (χ1) is 8.78. The lowest BCUT2D eigenvalue weighted by Gasteiger charge is -2.06. The van der Waals surface area contributed by atoms with Gasteiger partial charge in [-0.25, -0.2) is 0 Å². The van der Waals surface area contributed by atoms with Gasteiger partial charge in [0.2, 0.25) is 0 Å². The number of aromatic nitrogens is 2. The van der Waals surface area contributed by atoms with Crippen LogP contribution in [0.1, 0.15) is 11.1 Å². The van der Waals surface area contributed by atoms with Gasteiger partial charge in [-0.3, -0.25) is 4.68 Å². The van der Waals surface area contributed by atoms with E-state index in [9.17, 15) is 0 Å². The van der Waals surface area contributed by atoms with Crippen LogP contribution >= 0.6 is 0 Å². The van der Waals surface area contributed by atoms with E-state index >= 15 is 0 Å². The molecular weight excluding hydrogens is 226 g/mol. The summed E-state index contributed by atoms with van der Waals surface area (Å²) in [7, 11) is 1.92. The first-order valence-corrected chi connectivity index (χ1v) is 6.17. The molecule has 0 atom stereocenters. The van der Waals surface area contributed by atoms with Gasteiger partial charge < -0.3 is 10.5 Å². The highest BCUT2D eigenvalue weighted by atomic mass is 16.5. The second-order valence-corrected chi connectivity index (χ2v) is 4.30. The molecule has 4 nitrogen and oxygen atoms in total. The molecule has 0 aliphatic rings. The van der Waals surface area contributed by atoms with Gasteiger partial charge in [-0.1, -0.05) is 12.1 Å². The quantitative estimate of drug-likeness (QED) is 0.840. The Morgan fingerprint density at radius 1 is 1.17 bits per heavy atom. The first kappa shape index (κ1) is 12.6. The highest BCUT2D eigenvalue weighted by molar-refractivity contribution is 5.27. The van der Waals surface area contributed by atoms with Crippen molar-refractivity contribution in [3.63, 3.8) is 0 Å². The molecule has 0 bridgehead atoms. The number of hydrogen-bond donors (Lipinski definition) is 1. The van der Waals surface area contributed by atoms with Gasteiger partial charge >= 0.3 is 0 Å². The normalized spacial score (nSPS) is 10.6. The van der Waals surface area contributed by atoms with Gasteiger partial charge in [0.1, 0.15) is 5.75 Å². The number of rotatable bonds is 6. The summed E-state index contributed by atoms with van der Waals surface area (Å²) < 4.78 is 7.49. The van der Waals surface area contributed by atoms with Crippen LogP contribution in [-0.2, 0) is 19.9 Å². The van der Waals surface area contributed by atoms with Crippen molar-refractivity contribution in [2.45, 2.75) is 12.8 Å². The summed E-state index contributed by atoms with van der Waals surface area (Å²) in [5.41, 5.74) is 7.95. The molecule has 2 N–H and O–H groups in total. The zero-order valence-corrected chi connectivity index (χ0v) is 10.7. The molecule has 0 spiro atoms. The van der Waals surface area contributed by atoms with Gasteiger partial charge in [0, 0.05) is 19.7 Å². The summed E-state index contributed by atoms with van der Waals surface area (Å²) in [5.74, 6) is 0.902. The predicted molar refractivity (Wildman–Crippen MR) is 71.6 cm³/mol. The molecule has 0 radical (unpaired) electrons. The van der Waals surface area contributed by atoms with Gasteiger partial charge in [-0.2, -0.15) is 5.10 Å². The molecular formula is C14H19N3O. The van der Waals surface area contributed by atoms with Gasteiger partial charge in [-0.15, -0.1) is 0 Å². The topological polar surface area (TPSA) is 53.1 Å². The van der Waals surface area contributed by atoms with E-state index < -0.39 is 0 Å². The molecule has 0 aliphatic heterocycles. The highest BCUT2D eigenvalue weighted by Gasteiger charge is 1.98. The van der Waals surface area contributed by atoms with Gasteiger partial charge in [0.05, 0.1) is 12.8 Å². The number of ether oxygens (including phenoxy) is 1. The number of aryl methyl sites for hydroxylation is 1. The van der Waals surface area contributed by atoms with Crippen molar-refractivity contribution in [2.24, 2.45) is 12.8 Å². The maximum atomic E-state index is 5.68. The zero-order valence-electron chi connectivity index (χ0n) is 10.7. The summed E-state index contributed by atoms with van der Waals surface area (Å²) in [6.45, 7) is 1.35. The van der Waals surface area contributed by atoms with E-state index in [1.807, 2.05) is 31.6 Å². The Morgan fingerprint density at radius 2 is 1.94 bits per heavy atom. The molecule has 18 heavy (non-hydrogen) atoms. The van der Waals surface area contributed by atoms with Gasteiger partial charge in [-0.05, 0) is 36.2 Å². The summed E-state index contributed by atoms with van der Waals surface area (Å²) >= 11 is 0. The fraction of sp³-hybridized carbons (Fsp3) is 0.357. The van der Waals surface area contributed by atoms with Crippen LogP contribution in [0.5, 0.6) is 5.75 Å². The molecule has 1 aromatic carbocycles.